The highest BCUT2D eigenvalue weighted by Gasteiger charge is 2.07. The van der Waals surface area contributed by atoms with Crippen LogP contribution < -0.4 is 0 Å². The van der Waals surface area contributed by atoms with Gasteiger partial charge in [0.25, 0.3) is 0 Å². The van der Waals surface area contributed by atoms with Crippen molar-refractivity contribution in [3.8, 4) is 11.4 Å². The van der Waals surface area contributed by atoms with Crippen molar-refractivity contribution in [1.29, 1.82) is 0 Å². The maximum absolute atomic E-state index is 11.0. The van der Waals surface area contributed by atoms with Gasteiger partial charge >= 0.3 is 0 Å². The van der Waals surface area contributed by atoms with Crippen molar-refractivity contribution < 1.29 is 8.91 Å². The Morgan fingerprint density at radius 3 is 2.80 bits per heavy atom. The normalized spacial score (nSPS) is 13.7. The molecule has 2 aromatic heterocycles. The Morgan fingerprint density at radius 1 is 1.33 bits per heavy atom. The van der Waals surface area contributed by atoms with Crippen molar-refractivity contribution in [2.45, 2.75) is 6.85 Å². The molecule has 0 atom stereocenters. The van der Waals surface area contributed by atoms with Crippen molar-refractivity contribution in [3.05, 3.63) is 42.0 Å². The van der Waals surface area contributed by atoms with Crippen molar-refractivity contribution in [2.24, 2.45) is 0 Å². The van der Waals surface area contributed by atoms with Gasteiger partial charge in [-0.25, -0.2) is 15.0 Å². The zero-order valence-corrected chi connectivity index (χ0v) is 7.71. The molecule has 0 spiro atoms. The van der Waals surface area contributed by atoms with Crippen LogP contribution in [0.1, 0.15) is 20.3 Å². The van der Waals surface area contributed by atoms with Crippen molar-refractivity contribution in [3.63, 3.8) is 0 Å². The van der Waals surface area contributed by atoms with E-state index in [9.17, 15) is 4.79 Å². The first-order valence-electron chi connectivity index (χ1n) is 5.76. The molecule has 0 bridgehead atoms. The summed E-state index contributed by atoms with van der Waals surface area (Å²) in [5, 5.41) is 0. The van der Waals surface area contributed by atoms with Gasteiger partial charge in [-0.2, -0.15) is 0 Å². The van der Waals surface area contributed by atoms with Crippen molar-refractivity contribution in [2.75, 3.05) is 0 Å². The first-order chi connectivity index (χ1) is 8.52. The van der Waals surface area contributed by atoms with Gasteiger partial charge in [0.1, 0.15) is 5.69 Å². The lowest BCUT2D eigenvalue weighted by molar-refractivity contribution is 0.111. The van der Waals surface area contributed by atoms with Crippen LogP contribution in [0.25, 0.3) is 11.4 Å². The van der Waals surface area contributed by atoms with Crippen LogP contribution in [-0.2, 0) is 0 Å². The summed E-state index contributed by atoms with van der Waals surface area (Å²) in [6.45, 7) is -2.34. The van der Waals surface area contributed by atoms with Gasteiger partial charge in [0.05, 0.1) is 0 Å². The van der Waals surface area contributed by atoms with Gasteiger partial charge < -0.3 is 0 Å². The van der Waals surface area contributed by atoms with E-state index in [1.54, 1.807) is 6.07 Å². The fourth-order valence-corrected chi connectivity index (χ4v) is 1.19. The monoisotopic (exact) mass is 202 g/mol. The van der Waals surface area contributed by atoms with Gasteiger partial charge in [0.2, 0.25) is 0 Å². The Balaban J connectivity index is 2.54. The van der Waals surface area contributed by atoms with E-state index in [0.717, 1.165) is 0 Å². The topological polar surface area (TPSA) is 55.7 Å². The highest BCUT2D eigenvalue weighted by Crippen LogP contribution is 2.16. The molecule has 0 radical (unpaired) electrons. The number of carbonyl (C=O) groups is 1. The number of aryl methyl sites for hydroxylation is 1. The molecule has 4 heteroatoms. The maximum Gasteiger partial charge on any atom is 0.169 e. The van der Waals surface area contributed by atoms with Crippen LogP contribution in [0, 0.1) is 6.85 Å². The van der Waals surface area contributed by atoms with Gasteiger partial charge in [-0.05, 0) is 25.1 Å². The fraction of sp³-hybridized carbons (Fsp3) is 0.0909. The molecule has 0 unspecified atom stereocenters. The van der Waals surface area contributed by atoms with Crippen LogP contribution in [0.3, 0.4) is 0 Å². The standard InChI is InChI=1S/C11H9N3O/c1-8-3-4-9(10(7-15)14-8)11-12-5-2-6-13-11/h2-7H,1H3/i1D3. The van der Waals surface area contributed by atoms with Gasteiger partial charge in [-0.1, -0.05) is 0 Å². The Bertz CT molecular complexity index is 569. The summed E-state index contributed by atoms with van der Waals surface area (Å²) in [7, 11) is 0. The summed E-state index contributed by atoms with van der Waals surface area (Å²) in [4.78, 5) is 22.8. The summed E-state index contributed by atoms with van der Waals surface area (Å²) in [6, 6.07) is 4.49. The van der Waals surface area contributed by atoms with Gasteiger partial charge in [0, 0.05) is 27.8 Å². The lowest BCUT2D eigenvalue weighted by Crippen LogP contribution is -1.97. The molecule has 0 aliphatic carbocycles. The number of pyridine rings is 1. The van der Waals surface area contributed by atoms with Crippen LogP contribution in [0.15, 0.2) is 30.6 Å². The van der Waals surface area contributed by atoms with E-state index in [0.29, 0.717) is 17.7 Å². The van der Waals surface area contributed by atoms with Crippen LogP contribution in [-0.4, -0.2) is 21.2 Å². The second kappa shape index (κ2) is 3.96. The van der Waals surface area contributed by atoms with Crippen LogP contribution in [0.4, 0.5) is 0 Å². The Labute approximate surface area is 91.3 Å². The maximum atomic E-state index is 11.0. The smallest absolute Gasteiger partial charge is 0.169 e. The molecule has 4 nitrogen and oxygen atoms in total. The summed E-state index contributed by atoms with van der Waals surface area (Å²) in [5.74, 6) is 0.337. The molecule has 2 rings (SSSR count). The SMILES string of the molecule is [2H]C([2H])([2H])c1ccc(-c2ncccn2)c(C=O)n1. The molecular weight excluding hydrogens is 190 g/mol. The molecule has 0 aliphatic rings. The van der Waals surface area contributed by atoms with Crippen LogP contribution >= 0.6 is 0 Å². The summed E-state index contributed by atoms with van der Waals surface area (Å²) in [5.41, 5.74) is 0.317. The van der Waals surface area contributed by atoms with Crippen LogP contribution in [0.2, 0.25) is 0 Å². The Kier molecular flexibility index (Phi) is 1.69. The molecule has 0 aliphatic heterocycles. The minimum absolute atomic E-state index is 0.0230. The molecular formula is C11H9N3O. The predicted molar refractivity (Wildman–Crippen MR) is 55.4 cm³/mol. The molecule has 15 heavy (non-hydrogen) atoms. The van der Waals surface area contributed by atoms with Gasteiger partial charge in [-0.3, -0.25) is 4.79 Å². The number of nitrogens with zero attached hydrogens (tertiary/aromatic N) is 3. The number of aromatic nitrogens is 3. The quantitative estimate of drug-likeness (QED) is 0.695. The Morgan fingerprint density at radius 2 is 2.13 bits per heavy atom. The first kappa shape index (κ1) is 6.40. The number of hydrogen-bond donors (Lipinski definition) is 0. The molecule has 0 saturated heterocycles. The fourth-order valence-electron chi connectivity index (χ4n) is 1.19. The second-order valence-electron chi connectivity index (χ2n) is 2.82. The van der Waals surface area contributed by atoms with E-state index in [4.69, 9.17) is 4.11 Å². The summed E-state index contributed by atoms with van der Waals surface area (Å²) >= 11 is 0. The molecule has 0 saturated carbocycles. The largest absolute Gasteiger partial charge is 0.296 e. The third kappa shape index (κ3) is 1.88. The first-order valence-corrected chi connectivity index (χ1v) is 4.26. The minimum Gasteiger partial charge on any atom is -0.296 e. The van der Waals surface area contributed by atoms with Crippen molar-refractivity contribution >= 4 is 6.29 Å². The lowest BCUT2D eigenvalue weighted by atomic mass is 10.1. The van der Waals surface area contributed by atoms with E-state index in [1.165, 1.54) is 24.5 Å². The van der Waals surface area contributed by atoms with E-state index < -0.39 is 6.85 Å². The predicted octanol–water partition coefficient (Wildman–Crippen LogP) is 1.66. The number of carbonyl (C=O) groups excluding carboxylic acids is 1. The molecule has 0 amide bonds. The zero-order valence-electron chi connectivity index (χ0n) is 10.7. The van der Waals surface area contributed by atoms with E-state index >= 15 is 0 Å². The summed E-state index contributed by atoms with van der Waals surface area (Å²) in [6.07, 6.45) is 3.57. The molecule has 74 valence electrons. The van der Waals surface area contributed by atoms with Gasteiger partial charge in [0.15, 0.2) is 12.1 Å². The molecule has 2 aromatic rings. The number of hydrogen-bond acceptors (Lipinski definition) is 4. The summed E-state index contributed by atoms with van der Waals surface area (Å²) < 4.78 is 21.7. The second-order valence-corrected chi connectivity index (χ2v) is 2.82. The average molecular weight is 202 g/mol. The number of rotatable bonds is 2. The molecule has 0 aromatic carbocycles. The number of aldehydes is 1. The zero-order chi connectivity index (χ0) is 13.2. The van der Waals surface area contributed by atoms with Crippen molar-refractivity contribution in [1.82, 2.24) is 15.0 Å². The molecule has 2 heterocycles. The van der Waals surface area contributed by atoms with E-state index in [1.807, 2.05) is 0 Å². The average Bonchev–Trinajstić information content (AvgIpc) is 2.38. The lowest BCUT2D eigenvalue weighted by Gasteiger charge is -2.02. The van der Waals surface area contributed by atoms with E-state index in [2.05, 4.69) is 15.0 Å². The third-order valence-corrected chi connectivity index (χ3v) is 1.84. The minimum atomic E-state index is -2.34. The highest BCUT2D eigenvalue weighted by molar-refractivity contribution is 5.83. The highest BCUT2D eigenvalue weighted by atomic mass is 16.1. The molecule has 0 N–H and O–H groups in total. The van der Waals surface area contributed by atoms with Crippen LogP contribution in [0.5, 0.6) is 0 Å². The Hall–Kier alpha value is -2.10. The third-order valence-electron chi connectivity index (χ3n) is 1.84. The van der Waals surface area contributed by atoms with Gasteiger partial charge in [-0.15, -0.1) is 0 Å². The molecule has 0 fully saturated rings. The van der Waals surface area contributed by atoms with E-state index in [-0.39, 0.29) is 11.4 Å².